The Bertz CT molecular complexity index is 394. The Kier molecular flexibility index (Phi) is 5.26. The molecule has 0 aliphatic carbocycles. The smallest absolute Gasteiger partial charge is 0.122 e. The molecule has 1 saturated heterocycles. The molecule has 1 atom stereocenters. The fraction of sp³-hybridized carbons (Fsp3) is 0.647. The molecule has 0 aromatic heterocycles. The van der Waals surface area contributed by atoms with Crippen molar-refractivity contribution in [1.82, 2.24) is 5.32 Å². The third-order valence-electron chi connectivity index (χ3n) is 4.13. The van der Waals surface area contributed by atoms with Gasteiger partial charge in [0.05, 0.1) is 7.11 Å². The highest BCUT2D eigenvalue weighted by molar-refractivity contribution is 5.38. The monoisotopic (exact) mass is 261 g/mol. The van der Waals surface area contributed by atoms with Gasteiger partial charge in [0.15, 0.2) is 0 Å². The maximum atomic E-state index is 5.49. The fourth-order valence-corrected chi connectivity index (χ4v) is 2.90. The van der Waals surface area contributed by atoms with Crippen LogP contribution in [0.5, 0.6) is 5.75 Å². The minimum absolute atomic E-state index is 0.584. The summed E-state index contributed by atoms with van der Waals surface area (Å²) in [6, 6.07) is 7.38. The molecule has 0 radical (unpaired) electrons. The molecule has 106 valence electrons. The molecule has 2 nitrogen and oxygen atoms in total. The van der Waals surface area contributed by atoms with Crippen LogP contribution < -0.4 is 10.1 Å². The molecule has 1 heterocycles. The zero-order chi connectivity index (χ0) is 13.7. The first-order valence-corrected chi connectivity index (χ1v) is 7.61. The van der Waals surface area contributed by atoms with Gasteiger partial charge >= 0.3 is 0 Å². The van der Waals surface area contributed by atoms with E-state index in [4.69, 9.17) is 4.74 Å². The van der Waals surface area contributed by atoms with Gasteiger partial charge in [-0.25, -0.2) is 0 Å². The van der Waals surface area contributed by atoms with E-state index in [-0.39, 0.29) is 0 Å². The molecular formula is C17H27NO. The van der Waals surface area contributed by atoms with Crippen LogP contribution in [0.15, 0.2) is 18.2 Å². The number of benzene rings is 1. The van der Waals surface area contributed by atoms with Crippen molar-refractivity contribution in [2.45, 2.75) is 57.9 Å². The molecule has 1 aliphatic heterocycles. The predicted molar refractivity (Wildman–Crippen MR) is 81.0 cm³/mol. The number of methoxy groups -OCH3 is 1. The Hall–Kier alpha value is -1.02. The van der Waals surface area contributed by atoms with Crippen molar-refractivity contribution in [2.24, 2.45) is 0 Å². The van der Waals surface area contributed by atoms with E-state index in [2.05, 4.69) is 37.4 Å². The first-order valence-electron chi connectivity index (χ1n) is 7.61. The van der Waals surface area contributed by atoms with Crippen LogP contribution in [0.2, 0.25) is 0 Å². The van der Waals surface area contributed by atoms with Crippen molar-refractivity contribution in [3.8, 4) is 5.75 Å². The highest BCUT2D eigenvalue weighted by Crippen LogP contribution is 2.26. The molecule has 0 saturated carbocycles. The normalized spacial score (nSPS) is 19.1. The maximum absolute atomic E-state index is 5.49. The van der Waals surface area contributed by atoms with Crippen LogP contribution in [-0.2, 0) is 6.42 Å². The molecule has 1 aromatic carbocycles. The lowest BCUT2D eigenvalue weighted by Gasteiger charge is -2.14. The van der Waals surface area contributed by atoms with Crippen LogP contribution in [0.3, 0.4) is 0 Å². The van der Waals surface area contributed by atoms with Gasteiger partial charge in [-0.1, -0.05) is 26.0 Å². The van der Waals surface area contributed by atoms with Crippen molar-refractivity contribution in [1.29, 1.82) is 0 Å². The minimum atomic E-state index is 0.584. The second-order valence-electron chi connectivity index (χ2n) is 5.91. The molecule has 1 fully saturated rings. The number of rotatable bonds is 6. The van der Waals surface area contributed by atoms with Crippen LogP contribution in [0, 0.1) is 0 Å². The van der Waals surface area contributed by atoms with Crippen molar-refractivity contribution < 1.29 is 4.74 Å². The Labute approximate surface area is 117 Å². The molecule has 1 aliphatic rings. The Morgan fingerprint density at radius 3 is 2.84 bits per heavy atom. The van der Waals surface area contributed by atoms with E-state index in [0.29, 0.717) is 5.92 Å². The van der Waals surface area contributed by atoms with Gasteiger partial charge in [0, 0.05) is 6.04 Å². The third-order valence-corrected chi connectivity index (χ3v) is 4.13. The molecule has 2 heteroatoms. The van der Waals surface area contributed by atoms with E-state index in [1.54, 1.807) is 7.11 Å². The first kappa shape index (κ1) is 14.4. The molecule has 1 unspecified atom stereocenters. The van der Waals surface area contributed by atoms with Gasteiger partial charge in [-0.2, -0.15) is 0 Å². The predicted octanol–water partition coefficient (Wildman–Crippen LogP) is 3.89. The van der Waals surface area contributed by atoms with Gasteiger partial charge in [0.2, 0.25) is 0 Å². The average molecular weight is 261 g/mol. The third kappa shape index (κ3) is 3.97. The van der Waals surface area contributed by atoms with E-state index in [9.17, 15) is 0 Å². The van der Waals surface area contributed by atoms with Crippen LogP contribution in [0.1, 0.15) is 56.6 Å². The number of ether oxygens (including phenoxy) is 1. The van der Waals surface area contributed by atoms with Gasteiger partial charge < -0.3 is 10.1 Å². The Morgan fingerprint density at radius 2 is 2.21 bits per heavy atom. The van der Waals surface area contributed by atoms with Crippen molar-refractivity contribution in [3.63, 3.8) is 0 Å². The van der Waals surface area contributed by atoms with Gasteiger partial charge in [-0.3, -0.25) is 0 Å². The highest BCUT2D eigenvalue weighted by Gasteiger charge is 2.14. The van der Waals surface area contributed by atoms with Crippen molar-refractivity contribution >= 4 is 0 Å². The summed E-state index contributed by atoms with van der Waals surface area (Å²) in [6.45, 7) is 5.69. The average Bonchev–Trinajstić information content (AvgIpc) is 2.91. The van der Waals surface area contributed by atoms with Gasteiger partial charge in [0.25, 0.3) is 0 Å². The summed E-state index contributed by atoms with van der Waals surface area (Å²) in [4.78, 5) is 0. The largest absolute Gasteiger partial charge is 0.496 e. The highest BCUT2D eigenvalue weighted by atomic mass is 16.5. The number of nitrogens with one attached hydrogen (secondary N) is 1. The second-order valence-corrected chi connectivity index (χ2v) is 5.91. The van der Waals surface area contributed by atoms with Crippen molar-refractivity contribution in [2.75, 3.05) is 13.7 Å². The minimum Gasteiger partial charge on any atom is -0.496 e. The summed E-state index contributed by atoms with van der Waals surface area (Å²) >= 11 is 0. The topological polar surface area (TPSA) is 21.3 Å². The first-order chi connectivity index (χ1) is 9.20. The molecule has 0 amide bonds. The lowest BCUT2D eigenvalue weighted by molar-refractivity contribution is 0.407. The quantitative estimate of drug-likeness (QED) is 0.838. The lowest BCUT2D eigenvalue weighted by Crippen LogP contribution is -2.21. The number of hydrogen-bond acceptors (Lipinski definition) is 2. The number of hydrogen-bond donors (Lipinski definition) is 1. The molecule has 1 N–H and O–H groups in total. The Balaban J connectivity index is 1.94. The molecule has 19 heavy (non-hydrogen) atoms. The van der Waals surface area contributed by atoms with Crippen LogP contribution >= 0.6 is 0 Å². The second kappa shape index (κ2) is 6.95. The molecular weight excluding hydrogens is 234 g/mol. The molecule has 0 bridgehead atoms. The van der Waals surface area contributed by atoms with Gasteiger partial charge in [-0.15, -0.1) is 0 Å². The van der Waals surface area contributed by atoms with Crippen LogP contribution in [0.25, 0.3) is 0 Å². The van der Waals surface area contributed by atoms with Gasteiger partial charge in [-0.05, 0) is 61.8 Å². The zero-order valence-electron chi connectivity index (χ0n) is 12.5. The zero-order valence-corrected chi connectivity index (χ0v) is 12.5. The Morgan fingerprint density at radius 1 is 1.37 bits per heavy atom. The van der Waals surface area contributed by atoms with E-state index in [0.717, 1.165) is 18.2 Å². The van der Waals surface area contributed by atoms with E-state index in [1.807, 2.05) is 0 Å². The summed E-state index contributed by atoms with van der Waals surface area (Å²) in [5, 5.41) is 3.57. The molecule has 2 rings (SSSR count). The van der Waals surface area contributed by atoms with Crippen LogP contribution in [-0.4, -0.2) is 19.7 Å². The fourth-order valence-electron chi connectivity index (χ4n) is 2.90. The summed E-state index contributed by atoms with van der Waals surface area (Å²) in [5.74, 6) is 1.63. The summed E-state index contributed by atoms with van der Waals surface area (Å²) < 4.78 is 5.49. The summed E-state index contributed by atoms with van der Waals surface area (Å²) in [6.07, 6.45) is 6.35. The van der Waals surface area contributed by atoms with E-state index in [1.165, 1.54) is 43.4 Å². The lowest BCUT2D eigenvalue weighted by atomic mass is 9.97. The van der Waals surface area contributed by atoms with Gasteiger partial charge in [0.1, 0.15) is 5.75 Å². The summed E-state index contributed by atoms with van der Waals surface area (Å²) in [5.41, 5.74) is 2.78. The van der Waals surface area contributed by atoms with E-state index < -0.39 is 0 Å². The van der Waals surface area contributed by atoms with Crippen LogP contribution in [0.4, 0.5) is 0 Å². The van der Waals surface area contributed by atoms with E-state index >= 15 is 0 Å². The number of aryl methyl sites for hydroxylation is 1. The van der Waals surface area contributed by atoms with Crippen molar-refractivity contribution in [3.05, 3.63) is 29.3 Å². The summed E-state index contributed by atoms with van der Waals surface area (Å²) in [7, 11) is 1.77. The molecule has 0 spiro atoms. The maximum Gasteiger partial charge on any atom is 0.122 e. The molecule has 1 aromatic rings. The standard InChI is InChI=1S/C17H27NO/c1-13(2)14-9-10-17(19-3)15(12-14)6-4-7-16-8-5-11-18-16/h9-10,12-13,16,18H,4-8,11H2,1-3H3. The SMILES string of the molecule is COc1ccc(C(C)C)cc1CCCC1CCCN1.